The Morgan fingerprint density at radius 3 is 2.66 bits per heavy atom. The lowest BCUT2D eigenvalue weighted by molar-refractivity contribution is -0.132. The number of carbonyl (C=O) groups excluding carboxylic acids is 1. The van der Waals surface area contributed by atoms with Crippen LogP contribution in [0.2, 0.25) is 0 Å². The van der Waals surface area contributed by atoms with Crippen LogP contribution in [-0.4, -0.2) is 40.1 Å². The molecule has 0 atom stereocenters. The number of benzene rings is 2. The predicted octanol–water partition coefficient (Wildman–Crippen LogP) is 5.77. The number of aromatic nitrogens is 2. The average Bonchev–Trinajstić information content (AvgIpc) is 3.04. The van der Waals surface area contributed by atoms with E-state index in [0.29, 0.717) is 48.2 Å². The maximum atomic E-state index is 13.1. The van der Waals surface area contributed by atoms with E-state index in [-0.39, 0.29) is 11.5 Å². The molecule has 8 heteroatoms. The summed E-state index contributed by atoms with van der Waals surface area (Å²) in [5, 5.41) is 14.1. The van der Waals surface area contributed by atoms with Crippen molar-refractivity contribution in [3.63, 3.8) is 0 Å². The highest BCUT2D eigenvalue weighted by molar-refractivity contribution is 6.12. The summed E-state index contributed by atoms with van der Waals surface area (Å²) in [6, 6.07) is 15.2. The van der Waals surface area contributed by atoms with E-state index in [1.54, 1.807) is 25.4 Å². The summed E-state index contributed by atoms with van der Waals surface area (Å²) >= 11 is 0. The molecule has 5 rings (SSSR count). The van der Waals surface area contributed by atoms with Crippen molar-refractivity contribution in [2.45, 2.75) is 27.2 Å². The Hall–Kier alpha value is -4.72. The molecule has 8 nitrogen and oxygen atoms in total. The molecule has 2 aromatic heterocycles. The number of nitrogens with one attached hydrogen (secondary N) is 1. The fraction of sp³-hybridized carbons (Fsp3) is 0.200. The van der Waals surface area contributed by atoms with Crippen LogP contribution in [0.3, 0.4) is 0 Å². The van der Waals surface area contributed by atoms with Crippen LogP contribution in [0, 0.1) is 6.92 Å². The van der Waals surface area contributed by atoms with Gasteiger partial charge in [0, 0.05) is 36.3 Å². The van der Waals surface area contributed by atoms with Crippen LogP contribution < -0.4 is 15.0 Å². The second kappa shape index (κ2) is 10.3. The minimum absolute atomic E-state index is 0.213. The number of pyridine rings is 2. The van der Waals surface area contributed by atoms with Gasteiger partial charge in [-0.05, 0) is 67.1 Å². The molecule has 0 spiro atoms. The van der Waals surface area contributed by atoms with E-state index < -0.39 is 5.97 Å². The number of amides is 1. The van der Waals surface area contributed by atoms with E-state index in [1.165, 1.54) is 0 Å². The number of ether oxygens (including phenoxy) is 1. The van der Waals surface area contributed by atoms with Crippen LogP contribution >= 0.6 is 0 Å². The number of carbonyl (C=O) groups is 2. The molecule has 0 unspecified atom stereocenters. The summed E-state index contributed by atoms with van der Waals surface area (Å²) < 4.78 is 6.15. The summed E-state index contributed by atoms with van der Waals surface area (Å²) in [5.74, 6) is 0.815. The molecule has 1 amide bonds. The van der Waals surface area contributed by atoms with Crippen molar-refractivity contribution in [2.24, 2.45) is 0 Å². The summed E-state index contributed by atoms with van der Waals surface area (Å²) in [5.41, 5.74) is 4.10. The summed E-state index contributed by atoms with van der Waals surface area (Å²) in [7, 11) is 0. The van der Waals surface area contributed by atoms with Crippen LogP contribution in [-0.2, 0) is 11.2 Å². The highest BCUT2D eigenvalue weighted by atomic mass is 16.5. The standard InChI is InChI=1S/C30H28N4O4/c1-4-34-27-24(29(35)33-26-18(2)11-13-31-28(26)34)16-20(17-32-27)12-14-38-25-10-9-21(15-19(3)30(36)37)22-7-5-6-8-23(22)25/h5-11,13,15-17H,4,12,14H2,1-3H3,(H,33,35)(H,36,37)/b19-15+. The second-order valence-electron chi connectivity index (χ2n) is 9.17. The lowest BCUT2D eigenvalue weighted by atomic mass is 10.0. The molecule has 2 N–H and O–H groups in total. The first-order chi connectivity index (χ1) is 18.4. The molecule has 0 bridgehead atoms. The Labute approximate surface area is 220 Å². The van der Waals surface area contributed by atoms with Gasteiger partial charge in [-0.2, -0.15) is 0 Å². The minimum Gasteiger partial charge on any atom is -0.493 e. The van der Waals surface area contributed by atoms with E-state index in [2.05, 4.69) is 15.3 Å². The number of fused-ring (bicyclic) bond motifs is 3. The summed E-state index contributed by atoms with van der Waals surface area (Å²) in [4.78, 5) is 35.5. The Bertz CT molecular complexity index is 1590. The Balaban J connectivity index is 1.37. The smallest absolute Gasteiger partial charge is 0.331 e. The van der Waals surface area contributed by atoms with E-state index in [4.69, 9.17) is 4.74 Å². The molecular formula is C30H28N4O4. The van der Waals surface area contributed by atoms with Crippen molar-refractivity contribution in [3.8, 4) is 5.75 Å². The predicted molar refractivity (Wildman–Crippen MR) is 148 cm³/mol. The number of hydrogen-bond acceptors (Lipinski definition) is 6. The van der Waals surface area contributed by atoms with Gasteiger partial charge in [-0.3, -0.25) is 4.79 Å². The number of aryl methyl sites for hydroxylation is 1. The van der Waals surface area contributed by atoms with Crippen LogP contribution in [0.25, 0.3) is 16.8 Å². The van der Waals surface area contributed by atoms with Gasteiger partial charge >= 0.3 is 5.97 Å². The number of aliphatic carboxylic acids is 1. The maximum absolute atomic E-state index is 13.1. The van der Waals surface area contributed by atoms with Crippen molar-refractivity contribution in [1.82, 2.24) is 9.97 Å². The molecule has 0 saturated carbocycles. The largest absolute Gasteiger partial charge is 0.493 e. The first-order valence-corrected chi connectivity index (χ1v) is 12.5. The first kappa shape index (κ1) is 25.0. The molecule has 3 heterocycles. The second-order valence-corrected chi connectivity index (χ2v) is 9.17. The number of anilines is 3. The average molecular weight is 509 g/mol. The minimum atomic E-state index is -0.949. The molecule has 38 heavy (non-hydrogen) atoms. The molecule has 1 aliphatic heterocycles. The molecule has 0 aliphatic carbocycles. The third kappa shape index (κ3) is 4.68. The van der Waals surface area contributed by atoms with Crippen molar-refractivity contribution in [3.05, 3.63) is 88.8 Å². The fourth-order valence-electron chi connectivity index (χ4n) is 4.62. The third-order valence-corrected chi connectivity index (χ3v) is 6.65. The Morgan fingerprint density at radius 2 is 1.89 bits per heavy atom. The van der Waals surface area contributed by atoms with Gasteiger partial charge in [0.05, 0.1) is 17.9 Å². The zero-order valence-electron chi connectivity index (χ0n) is 21.5. The number of carboxylic acid groups (broad SMARTS) is 1. The van der Waals surface area contributed by atoms with E-state index >= 15 is 0 Å². The molecule has 0 saturated heterocycles. The van der Waals surface area contributed by atoms with Gasteiger partial charge in [-0.25, -0.2) is 14.8 Å². The van der Waals surface area contributed by atoms with Crippen molar-refractivity contribution < 1.29 is 19.4 Å². The maximum Gasteiger partial charge on any atom is 0.331 e. The van der Waals surface area contributed by atoms with Crippen molar-refractivity contribution in [2.75, 3.05) is 23.4 Å². The van der Waals surface area contributed by atoms with Crippen LogP contribution in [0.4, 0.5) is 17.3 Å². The third-order valence-electron chi connectivity index (χ3n) is 6.65. The van der Waals surface area contributed by atoms with Gasteiger partial charge < -0.3 is 20.1 Å². The van der Waals surface area contributed by atoms with Crippen molar-refractivity contribution in [1.29, 1.82) is 0 Å². The molecule has 4 aromatic rings. The van der Waals surface area contributed by atoms with E-state index in [1.807, 2.05) is 67.3 Å². The number of carboxylic acids is 1. The Kier molecular flexibility index (Phi) is 6.79. The van der Waals surface area contributed by atoms with Crippen LogP contribution in [0.5, 0.6) is 5.75 Å². The zero-order chi connectivity index (χ0) is 26.8. The normalized spacial score (nSPS) is 13.0. The molecule has 0 radical (unpaired) electrons. The van der Waals surface area contributed by atoms with Gasteiger partial charge in [0.2, 0.25) is 0 Å². The summed E-state index contributed by atoms with van der Waals surface area (Å²) in [6.07, 6.45) is 5.73. The lowest BCUT2D eigenvalue weighted by Crippen LogP contribution is -2.20. The quantitative estimate of drug-likeness (QED) is 0.305. The Morgan fingerprint density at radius 1 is 1.11 bits per heavy atom. The highest BCUT2D eigenvalue weighted by Gasteiger charge is 2.27. The zero-order valence-corrected chi connectivity index (χ0v) is 21.5. The number of rotatable bonds is 7. The van der Waals surface area contributed by atoms with Gasteiger partial charge in [0.25, 0.3) is 5.91 Å². The first-order valence-electron chi connectivity index (χ1n) is 12.5. The molecule has 0 fully saturated rings. The van der Waals surface area contributed by atoms with Crippen molar-refractivity contribution >= 4 is 46.0 Å². The van der Waals surface area contributed by atoms with Gasteiger partial charge in [-0.15, -0.1) is 0 Å². The fourth-order valence-corrected chi connectivity index (χ4v) is 4.62. The summed E-state index contributed by atoms with van der Waals surface area (Å²) in [6.45, 7) is 6.53. The highest BCUT2D eigenvalue weighted by Crippen LogP contribution is 2.37. The SMILES string of the molecule is CCN1c2ncc(CCOc3ccc(/C=C(\C)C(=O)O)c4ccccc34)cc2C(=O)Nc2c(C)ccnc21. The number of hydrogen-bond donors (Lipinski definition) is 2. The number of nitrogens with zero attached hydrogens (tertiary/aromatic N) is 3. The molecule has 2 aromatic carbocycles. The topological polar surface area (TPSA) is 105 Å². The molecule has 192 valence electrons. The van der Waals surface area contributed by atoms with Crippen LogP contribution in [0.15, 0.2) is 66.5 Å². The van der Waals surface area contributed by atoms with E-state index in [9.17, 15) is 14.7 Å². The lowest BCUT2D eigenvalue weighted by Gasteiger charge is -2.22. The molecular weight excluding hydrogens is 480 g/mol. The monoisotopic (exact) mass is 508 g/mol. The van der Waals surface area contributed by atoms with Crippen LogP contribution in [0.1, 0.15) is 40.9 Å². The van der Waals surface area contributed by atoms with Gasteiger partial charge in [-0.1, -0.05) is 30.3 Å². The van der Waals surface area contributed by atoms with Gasteiger partial charge in [0.15, 0.2) is 5.82 Å². The van der Waals surface area contributed by atoms with E-state index in [0.717, 1.165) is 27.5 Å². The van der Waals surface area contributed by atoms with Gasteiger partial charge in [0.1, 0.15) is 11.6 Å². The molecule has 1 aliphatic rings.